The van der Waals surface area contributed by atoms with Gasteiger partial charge in [0.2, 0.25) is 0 Å². The molecule has 3 nitrogen and oxygen atoms in total. The maximum absolute atomic E-state index is 5.84. The molecule has 1 aliphatic carbocycles. The molecule has 0 unspecified atom stereocenters. The van der Waals surface area contributed by atoms with Crippen LogP contribution in [0.4, 0.5) is 5.69 Å². The number of benzene rings is 1. The van der Waals surface area contributed by atoms with Crippen LogP contribution >= 0.6 is 0 Å². The van der Waals surface area contributed by atoms with Crippen LogP contribution in [0.5, 0.6) is 5.75 Å². The molecule has 2 rings (SSSR count). The molecule has 0 saturated heterocycles. The number of nitrogens with two attached hydrogens (primary N) is 1. The van der Waals surface area contributed by atoms with Gasteiger partial charge in [0.05, 0.1) is 12.3 Å². The molecule has 0 heterocycles. The molecule has 1 aromatic carbocycles. The summed E-state index contributed by atoms with van der Waals surface area (Å²) in [5.74, 6) is 2.12. The SMILES string of the molecule is CCOc1cccc(N=C(N)C2CC2)c1. The summed E-state index contributed by atoms with van der Waals surface area (Å²) in [7, 11) is 0. The first kappa shape index (κ1) is 10.0. The molecular formula is C12H16N2O. The second-order valence-corrected chi connectivity index (χ2v) is 3.74. The van der Waals surface area contributed by atoms with E-state index in [1.165, 1.54) is 12.8 Å². The maximum atomic E-state index is 5.84. The molecule has 0 aromatic heterocycles. The van der Waals surface area contributed by atoms with Crippen LogP contribution in [0, 0.1) is 5.92 Å². The van der Waals surface area contributed by atoms with E-state index in [0.29, 0.717) is 12.5 Å². The third-order valence-electron chi connectivity index (χ3n) is 2.38. The van der Waals surface area contributed by atoms with Crippen molar-refractivity contribution in [2.24, 2.45) is 16.6 Å². The first-order valence-corrected chi connectivity index (χ1v) is 5.36. The number of aliphatic imine (C=N–C) groups is 1. The minimum atomic E-state index is 0.515. The summed E-state index contributed by atoms with van der Waals surface area (Å²) in [6.45, 7) is 2.64. The van der Waals surface area contributed by atoms with Gasteiger partial charge in [-0.2, -0.15) is 0 Å². The Balaban J connectivity index is 2.13. The number of ether oxygens (including phenoxy) is 1. The van der Waals surface area contributed by atoms with Crippen LogP contribution in [0.1, 0.15) is 19.8 Å². The van der Waals surface area contributed by atoms with Gasteiger partial charge in [-0.15, -0.1) is 0 Å². The van der Waals surface area contributed by atoms with Crippen molar-refractivity contribution in [3.05, 3.63) is 24.3 Å². The Bertz CT molecular complexity index is 370. The van der Waals surface area contributed by atoms with E-state index < -0.39 is 0 Å². The Labute approximate surface area is 90.0 Å². The van der Waals surface area contributed by atoms with Crippen molar-refractivity contribution in [3.8, 4) is 5.75 Å². The highest BCUT2D eigenvalue weighted by atomic mass is 16.5. The summed E-state index contributed by atoms with van der Waals surface area (Å²) < 4.78 is 5.39. The van der Waals surface area contributed by atoms with Gasteiger partial charge in [0.1, 0.15) is 11.6 Å². The van der Waals surface area contributed by atoms with Gasteiger partial charge in [0, 0.05) is 12.0 Å². The van der Waals surface area contributed by atoms with Gasteiger partial charge >= 0.3 is 0 Å². The molecule has 0 bridgehead atoms. The Morgan fingerprint density at radius 1 is 1.53 bits per heavy atom. The molecule has 1 saturated carbocycles. The highest BCUT2D eigenvalue weighted by Gasteiger charge is 2.25. The zero-order valence-corrected chi connectivity index (χ0v) is 8.94. The monoisotopic (exact) mass is 204 g/mol. The average Bonchev–Trinajstić information content (AvgIpc) is 3.01. The van der Waals surface area contributed by atoms with E-state index in [-0.39, 0.29) is 0 Å². The molecule has 1 aliphatic rings. The molecule has 80 valence electrons. The molecular weight excluding hydrogens is 188 g/mol. The van der Waals surface area contributed by atoms with Gasteiger partial charge in [-0.1, -0.05) is 6.07 Å². The van der Waals surface area contributed by atoms with Crippen LogP contribution in [-0.2, 0) is 0 Å². The average molecular weight is 204 g/mol. The van der Waals surface area contributed by atoms with Crippen molar-refractivity contribution in [1.29, 1.82) is 0 Å². The molecule has 15 heavy (non-hydrogen) atoms. The first-order chi connectivity index (χ1) is 7.29. The van der Waals surface area contributed by atoms with E-state index >= 15 is 0 Å². The minimum absolute atomic E-state index is 0.515. The molecule has 1 aromatic rings. The van der Waals surface area contributed by atoms with Gasteiger partial charge < -0.3 is 10.5 Å². The molecule has 2 N–H and O–H groups in total. The lowest BCUT2D eigenvalue weighted by Crippen LogP contribution is -2.12. The number of hydrogen-bond donors (Lipinski definition) is 1. The topological polar surface area (TPSA) is 47.6 Å². The fourth-order valence-electron chi connectivity index (χ4n) is 1.43. The van der Waals surface area contributed by atoms with Crippen molar-refractivity contribution in [1.82, 2.24) is 0 Å². The fourth-order valence-corrected chi connectivity index (χ4v) is 1.43. The van der Waals surface area contributed by atoms with E-state index in [2.05, 4.69) is 4.99 Å². The van der Waals surface area contributed by atoms with Crippen LogP contribution < -0.4 is 10.5 Å². The van der Waals surface area contributed by atoms with Crippen molar-refractivity contribution >= 4 is 11.5 Å². The lowest BCUT2D eigenvalue weighted by molar-refractivity contribution is 0.340. The van der Waals surface area contributed by atoms with Gasteiger partial charge in [0.25, 0.3) is 0 Å². The Kier molecular flexibility index (Phi) is 2.90. The normalized spacial score (nSPS) is 16.5. The van der Waals surface area contributed by atoms with Crippen LogP contribution in [0.2, 0.25) is 0 Å². The standard InChI is InChI=1S/C12H16N2O/c1-2-15-11-5-3-4-10(8-11)14-12(13)9-6-7-9/h3-5,8-9H,2,6-7H2,1H3,(H2,13,14). The molecule has 3 heteroatoms. The number of hydrogen-bond acceptors (Lipinski definition) is 2. The second kappa shape index (κ2) is 4.34. The van der Waals surface area contributed by atoms with Crippen molar-refractivity contribution in [2.45, 2.75) is 19.8 Å². The highest BCUT2D eigenvalue weighted by Crippen LogP contribution is 2.30. The number of nitrogens with zero attached hydrogens (tertiary/aromatic N) is 1. The highest BCUT2D eigenvalue weighted by molar-refractivity contribution is 5.87. The molecule has 0 amide bonds. The van der Waals surface area contributed by atoms with E-state index in [4.69, 9.17) is 10.5 Å². The first-order valence-electron chi connectivity index (χ1n) is 5.36. The zero-order valence-electron chi connectivity index (χ0n) is 8.94. The Morgan fingerprint density at radius 3 is 3.00 bits per heavy atom. The minimum Gasteiger partial charge on any atom is -0.494 e. The van der Waals surface area contributed by atoms with Gasteiger partial charge in [-0.25, -0.2) is 4.99 Å². The lowest BCUT2D eigenvalue weighted by atomic mass is 10.3. The van der Waals surface area contributed by atoms with Crippen LogP contribution in [0.25, 0.3) is 0 Å². The zero-order chi connectivity index (χ0) is 10.7. The summed E-state index contributed by atoms with van der Waals surface area (Å²) in [4.78, 5) is 4.38. The van der Waals surface area contributed by atoms with Gasteiger partial charge in [-0.3, -0.25) is 0 Å². The molecule has 0 radical (unpaired) electrons. The lowest BCUT2D eigenvalue weighted by Gasteiger charge is -2.03. The van der Waals surface area contributed by atoms with Crippen molar-refractivity contribution < 1.29 is 4.74 Å². The quantitative estimate of drug-likeness (QED) is 0.605. The van der Waals surface area contributed by atoms with Crippen molar-refractivity contribution in [3.63, 3.8) is 0 Å². The number of amidine groups is 1. The number of rotatable bonds is 4. The second-order valence-electron chi connectivity index (χ2n) is 3.74. The van der Waals surface area contributed by atoms with E-state index in [9.17, 15) is 0 Å². The Hall–Kier alpha value is -1.51. The molecule has 0 atom stereocenters. The van der Waals surface area contributed by atoms with Crippen molar-refractivity contribution in [2.75, 3.05) is 6.61 Å². The summed E-state index contributed by atoms with van der Waals surface area (Å²) in [5, 5.41) is 0. The fraction of sp³-hybridized carbons (Fsp3) is 0.417. The predicted octanol–water partition coefficient (Wildman–Crippen LogP) is 2.48. The smallest absolute Gasteiger partial charge is 0.121 e. The van der Waals surface area contributed by atoms with Gasteiger partial charge in [-0.05, 0) is 31.9 Å². The van der Waals surface area contributed by atoms with Crippen LogP contribution in [-0.4, -0.2) is 12.4 Å². The van der Waals surface area contributed by atoms with Crippen LogP contribution in [0.3, 0.4) is 0 Å². The summed E-state index contributed by atoms with van der Waals surface area (Å²) in [6, 6.07) is 7.72. The van der Waals surface area contributed by atoms with Crippen LogP contribution in [0.15, 0.2) is 29.3 Å². The van der Waals surface area contributed by atoms with E-state index in [1.54, 1.807) is 0 Å². The third kappa shape index (κ3) is 2.72. The maximum Gasteiger partial charge on any atom is 0.121 e. The molecule has 0 spiro atoms. The van der Waals surface area contributed by atoms with E-state index in [0.717, 1.165) is 17.3 Å². The van der Waals surface area contributed by atoms with E-state index in [1.807, 2.05) is 31.2 Å². The summed E-state index contributed by atoms with van der Waals surface area (Å²) in [6.07, 6.45) is 2.36. The largest absolute Gasteiger partial charge is 0.494 e. The molecule has 1 fully saturated rings. The van der Waals surface area contributed by atoms with Gasteiger partial charge in [0.15, 0.2) is 0 Å². The Morgan fingerprint density at radius 2 is 2.33 bits per heavy atom. The summed E-state index contributed by atoms with van der Waals surface area (Å²) >= 11 is 0. The predicted molar refractivity (Wildman–Crippen MR) is 61.6 cm³/mol. The molecule has 0 aliphatic heterocycles. The summed E-state index contributed by atoms with van der Waals surface area (Å²) in [5.41, 5.74) is 6.72. The third-order valence-corrected chi connectivity index (χ3v) is 2.38.